The lowest BCUT2D eigenvalue weighted by molar-refractivity contribution is 0.0997. The highest BCUT2D eigenvalue weighted by Gasteiger charge is 2.18. The van der Waals surface area contributed by atoms with Gasteiger partial charge in [-0.15, -0.1) is 11.3 Å². The van der Waals surface area contributed by atoms with Crippen LogP contribution in [0.5, 0.6) is 0 Å². The second-order valence-electron chi connectivity index (χ2n) is 6.03. The van der Waals surface area contributed by atoms with Crippen LogP contribution < -0.4 is 4.80 Å². The molecule has 27 heavy (non-hydrogen) atoms. The molecular formula is C19H19N3O3S2. The largest absolute Gasteiger partial charge is 0.319 e. The van der Waals surface area contributed by atoms with Gasteiger partial charge >= 0.3 is 0 Å². The molecule has 1 aromatic heterocycles. The number of hydrogen-bond acceptors (Lipinski definition) is 4. The van der Waals surface area contributed by atoms with Crippen LogP contribution in [0, 0.1) is 0 Å². The molecule has 0 aliphatic heterocycles. The summed E-state index contributed by atoms with van der Waals surface area (Å²) in [5, 5.41) is 1.86. The van der Waals surface area contributed by atoms with Crippen LogP contribution in [0.1, 0.15) is 15.9 Å². The smallest absolute Gasteiger partial charge is 0.279 e. The highest BCUT2D eigenvalue weighted by Crippen LogP contribution is 2.15. The minimum atomic E-state index is -3.61. The standard InChI is InChI=1S/C19H19N3O3S2/c1-21(2)27(24,25)17-10-6-9-16(13-17)18(23)20-19-22(11-12-26-19)14-15-7-4-3-5-8-15/h3-13H,14H2,1-2H3. The fraction of sp³-hybridized carbons (Fsp3) is 0.158. The Hall–Kier alpha value is -2.55. The maximum Gasteiger partial charge on any atom is 0.279 e. The van der Waals surface area contributed by atoms with Crippen molar-refractivity contribution in [1.82, 2.24) is 8.87 Å². The third-order valence-corrected chi connectivity index (χ3v) is 6.52. The molecule has 0 unspecified atom stereocenters. The van der Waals surface area contributed by atoms with Crippen LogP contribution in [0.2, 0.25) is 0 Å². The first kappa shape index (κ1) is 19.2. The van der Waals surface area contributed by atoms with Gasteiger partial charge in [0.05, 0.1) is 4.90 Å². The van der Waals surface area contributed by atoms with E-state index in [0.717, 1.165) is 9.87 Å². The van der Waals surface area contributed by atoms with E-state index in [1.807, 2.05) is 46.5 Å². The predicted molar refractivity (Wildman–Crippen MR) is 105 cm³/mol. The molecule has 140 valence electrons. The zero-order chi connectivity index (χ0) is 19.4. The second kappa shape index (κ2) is 7.99. The Labute approximate surface area is 162 Å². The number of sulfonamides is 1. The lowest BCUT2D eigenvalue weighted by Gasteiger charge is -2.11. The Kier molecular flexibility index (Phi) is 5.69. The zero-order valence-corrected chi connectivity index (χ0v) is 16.6. The van der Waals surface area contributed by atoms with Gasteiger partial charge in [-0.3, -0.25) is 4.79 Å². The molecule has 0 spiro atoms. The van der Waals surface area contributed by atoms with Gasteiger partial charge in [0.2, 0.25) is 10.0 Å². The molecule has 0 saturated heterocycles. The van der Waals surface area contributed by atoms with Gasteiger partial charge in [0.25, 0.3) is 5.91 Å². The van der Waals surface area contributed by atoms with Crippen molar-refractivity contribution in [2.45, 2.75) is 11.4 Å². The Morgan fingerprint density at radius 3 is 2.56 bits per heavy atom. The molecule has 0 bridgehead atoms. The lowest BCUT2D eigenvalue weighted by Crippen LogP contribution is -2.22. The summed E-state index contributed by atoms with van der Waals surface area (Å²) in [6, 6.07) is 15.8. The predicted octanol–water partition coefficient (Wildman–Crippen LogP) is 2.59. The molecule has 6 nitrogen and oxygen atoms in total. The Morgan fingerprint density at radius 1 is 1.11 bits per heavy atom. The van der Waals surface area contributed by atoms with Crippen LogP contribution in [0.15, 0.2) is 76.1 Å². The van der Waals surface area contributed by atoms with Crippen molar-refractivity contribution in [2.75, 3.05) is 14.1 Å². The molecule has 0 atom stereocenters. The maximum absolute atomic E-state index is 12.6. The number of thiazole rings is 1. The van der Waals surface area contributed by atoms with Crippen molar-refractivity contribution in [2.24, 2.45) is 4.99 Å². The first-order chi connectivity index (χ1) is 12.9. The van der Waals surface area contributed by atoms with Crippen LogP contribution in [-0.2, 0) is 16.6 Å². The topological polar surface area (TPSA) is 71.7 Å². The van der Waals surface area contributed by atoms with E-state index in [0.29, 0.717) is 11.3 Å². The van der Waals surface area contributed by atoms with Crippen LogP contribution in [0.3, 0.4) is 0 Å². The molecule has 3 aromatic rings. The molecule has 0 fully saturated rings. The minimum Gasteiger partial charge on any atom is -0.319 e. The molecular weight excluding hydrogens is 382 g/mol. The normalized spacial score (nSPS) is 12.5. The minimum absolute atomic E-state index is 0.0666. The number of rotatable bonds is 5. The zero-order valence-electron chi connectivity index (χ0n) is 14.9. The van der Waals surface area contributed by atoms with Gasteiger partial charge in [-0.2, -0.15) is 4.99 Å². The maximum atomic E-state index is 12.6. The molecule has 1 amide bonds. The number of amides is 1. The first-order valence-electron chi connectivity index (χ1n) is 8.17. The van der Waals surface area contributed by atoms with E-state index in [2.05, 4.69) is 4.99 Å². The summed E-state index contributed by atoms with van der Waals surface area (Å²) in [7, 11) is -0.705. The summed E-state index contributed by atoms with van der Waals surface area (Å²) in [5.41, 5.74) is 1.33. The second-order valence-corrected chi connectivity index (χ2v) is 9.06. The Balaban J connectivity index is 1.92. The number of aromatic nitrogens is 1. The Morgan fingerprint density at radius 2 is 1.85 bits per heavy atom. The number of benzene rings is 2. The molecule has 8 heteroatoms. The fourth-order valence-electron chi connectivity index (χ4n) is 2.44. The number of hydrogen-bond donors (Lipinski definition) is 0. The molecule has 1 heterocycles. The molecule has 3 rings (SSSR count). The van der Waals surface area contributed by atoms with E-state index in [1.165, 1.54) is 37.6 Å². The lowest BCUT2D eigenvalue weighted by atomic mass is 10.2. The van der Waals surface area contributed by atoms with Gasteiger partial charge in [-0.1, -0.05) is 36.4 Å². The van der Waals surface area contributed by atoms with Crippen molar-refractivity contribution in [3.8, 4) is 0 Å². The first-order valence-corrected chi connectivity index (χ1v) is 10.5. The van der Waals surface area contributed by atoms with Crippen molar-refractivity contribution >= 4 is 27.3 Å². The van der Waals surface area contributed by atoms with Crippen molar-refractivity contribution in [1.29, 1.82) is 0 Å². The van der Waals surface area contributed by atoms with Crippen molar-refractivity contribution < 1.29 is 13.2 Å². The fourth-order valence-corrected chi connectivity index (χ4v) is 4.11. The Bertz CT molecular complexity index is 1110. The summed E-state index contributed by atoms with van der Waals surface area (Å²) < 4.78 is 27.5. The highest BCUT2D eigenvalue weighted by molar-refractivity contribution is 7.89. The molecule has 0 N–H and O–H groups in total. The van der Waals surface area contributed by atoms with E-state index >= 15 is 0 Å². The molecule has 0 aliphatic carbocycles. The van der Waals surface area contributed by atoms with Gasteiger partial charge in [0, 0.05) is 37.8 Å². The summed E-state index contributed by atoms with van der Waals surface area (Å²) in [4.78, 5) is 17.4. The van der Waals surface area contributed by atoms with Crippen LogP contribution in [-0.4, -0.2) is 37.3 Å². The summed E-state index contributed by atoms with van der Waals surface area (Å²) in [6.45, 7) is 0.603. The van der Waals surface area contributed by atoms with Crippen LogP contribution >= 0.6 is 11.3 Å². The molecule has 2 aromatic carbocycles. The van der Waals surface area contributed by atoms with Gasteiger partial charge in [-0.25, -0.2) is 12.7 Å². The van der Waals surface area contributed by atoms with E-state index in [-0.39, 0.29) is 10.5 Å². The SMILES string of the molecule is CN(C)S(=O)(=O)c1cccc(C(=O)N=c2sccn2Cc2ccccc2)c1. The average molecular weight is 402 g/mol. The molecule has 0 radical (unpaired) electrons. The summed E-state index contributed by atoms with van der Waals surface area (Å²) in [6.07, 6.45) is 1.87. The summed E-state index contributed by atoms with van der Waals surface area (Å²) in [5.74, 6) is -0.477. The van der Waals surface area contributed by atoms with Crippen molar-refractivity contribution in [3.05, 3.63) is 82.1 Å². The third-order valence-electron chi connectivity index (χ3n) is 3.91. The molecule has 0 aliphatic rings. The highest BCUT2D eigenvalue weighted by atomic mass is 32.2. The molecule has 0 saturated carbocycles. The van der Waals surface area contributed by atoms with Gasteiger partial charge in [0.1, 0.15) is 0 Å². The van der Waals surface area contributed by atoms with E-state index in [4.69, 9.17) is 0 Å². The number of carbonyl (C=O) groups is 1. The van der Waals surface area contributed by atoms with Crippen LogP contribution in [0.4, 0.5) is 0 Å². The van der Waals surface area contributed by atoms with Gasteiger partial charge in [0.15, 0.2) is 4.80 Å². The van der Waals surface area contributed by atoms with Crippen molar-refractivity contribution in [3.63, 3.8) is 0 Å². The number of carbonyl (C=O) groups excluding carboxylic acids is 1. The number of nitrogens with zero attached hydrogens (tertiary/aromatic N) is 3. The van der Waals surface area contributed by atoms with E-state index < -0.39 is 15.9 Å². The quantitative estimate of drug-likeness (QED) is 0.660. The van der Waals surface area contributed by atoms with Crippen LogP contribution in [0.25, 0.3) is 0 Å². The van der Waals surface area contributed by atoms with E-state index in [1.54, 1.807) is 12.1 Å². The summed E-state index contributed by atoms with van der Waals surface area (Å²) >= 11 is 1.36. The van der Waals surface area contributed by atoms with Gasteiger partial charge in [-0.05, 0) is 23.8 Å². The average Bonchev–Trinajstić information content (AvgIpc) is 3.09. The third kappa shape index (κ3) is 4.41. The van der Waals surface area contributed by atoms with Gasteiger partial charge < -0.3 is 4.57 Å². The monoisotopic (exact) mass is 401 g/mol. The van der Waals surface area contributed by atoms with E-state index in [9.17, 15) is 13.2 Å².